The average molecular weight is 706 g/mol. The van der Waals surface area contributed by atoms with Crippen molar-refractivity contribution in [2.75, 3.05) is 0 Å². The summed E-state index contributed by atoms with van der Waals surface area (Å²) in [4.78, 5) is 15.1. The van der Waals surface area contributed by atoms with Crippen molar-refractivity contribution in [2.45, 2.75) is 12.8 Å². The van der Waals surface area contributed by atoms with Gasteiger partial charge in [-0.1, -0.05) is 152 Å². The highest BCUT2D eigenvalue weighted by molar-refractivity contribution is 6.12. The first-order chi connectivity index (χ1) is 27.2. The maximum Gasteiger partial charge on any atom is 0.164 e. The van der Waals surface area contributed by atoms with E-state index in [1.54, 1.807) is 0 Å². The van der Waals surface area contributed by atoms with Gasteiger partial charge in [0.2, 0.25) is 0 Å². The molecule has 1 aliphatic rings. The first kappa shape index (κ1) is 32.5. The summed E-state index contributed by atoms with van der Waals surface area (Å²) < 4.78 is 6.46. The SMILES string of the molecule is C1=CC(c2nc(-c3ccccc3)nc(-c3cccc4oc5ccc(-c6cccc(-c7cccc(-c8cccc(-c9ccccc9)c8)c7)c6)cc5c34)n2)=CCC1. The van der Waals surface area contributed by atoms with Gasteiger partial charge in [0.05, 0.1) is 0 Å². The lowest BCUT2D eigenvalue weighted by atomic mass is 9.94. The van der Waals surface area contributed by atoms with Crippen LogP contribution in [0.25, 0.3) is 94.8 Å². The van der Waals surface area contributed by atoms with Crippen LogP contribution in [0, 0.1) is 0 Å². The maximum atomic E-state index is 6.46. The second-order valence-electron chi connectivity index (χ2n) is 13.9. The van der Waals surface area contributed by atoms with E-state index in [0.717, 1.165) is 68.2 Å². The third-order valence-corrected chi connectivity index (χ3v) is 10.4. The Morgan fingerprint density at radius 1 is 0.382 bits per heavy atom. The van der Waals surface area contributed by atoms with Crippen LogP contribution in [-0.4, -0.2) is 15.0 Å². The molecule has 0 N–H and O–H groups in total. The summed E-state index contributed by atoms with van der Waals surface area (Å²) in [5.74, 6) is 1.95. The Hall–Kier alpha value is -7.17. The number of allylic oxidation sites excluding steroid dienone is 4. The number of hydrogen-bond acceptors (Lipinski definition) is 4. The Morgan fingerprint density at radius 2 is 0.909 bits per heavy atom. The molecule has 0 saturated carbocycles. The first-order valence-corrected chi connectivity index (χ1v) is 18.7. The van der Waals surface area contributed by atoms with E-state index in [0.29, 0.717) is 17.5 Å². The van der Waals surface area contributed by atoms with Crippen LogP contribution < -0.4 is 0 Å². The molecule has 0 amide bonds. The van der Waals surface area contributed by atoms with E-state index in [9.17, 15) is 0 Å². The van der Waals surface area contributed by atoms with Crippen LogP contribution in [0.5, 0.6) is 0 Å². The molecule has 4 heteroatoms. The third kappa shape index (κ3) is 6.34. The Morgan fingerprint density at radius 3 is 1.53 bits per heavy atom. The molecule has 0 atom stereocenters. The topological polar surface area (TPSA) is 51.8 Å². The molecule has 10 rings (SSSR count). The number of rotatable bonds is 7. The number of furan rings is 1. The smallest absolute Gasteiger partial charge is 0.164 e. The summed E-state index contributed by atoms with van der Waals surface area (Å²) in [5, 5.41) is 2.01. The molecule has 0 radical (unpaired) electrons. The van der Waals surface area contributed by atoms with Gasteiger partial charge in [-0.05, 0) is 93.7 Å². The normalized spacial score (nSPS) is 12.6. The van der Waals surface area contributed by atoms with Crippen molar-refractivity contribution in [3.63, 3.8) is 0 Å². The molecular formula is C51H35N3O. The molecule has 260 valence electrons. The van der Waals surface area contributed by atoms with Crippen LogP contribution in [0.15, 0.2) is 193 Å². The second kappa shape index (κ2) is 14.0. The standard InChI is InChI=1S/C51H35N3O/c1-4-14-34(15-5-1)37-20-10-21-38(30-37)39-22-11-23-40(31-39)41-24-12-25-42(32-41)43-28-29-46-45(33-43)48-44(26-13-27-47(48)55-46)51-53-49(35-16-6-2-7-17-35)52-50(54-51)36-18-8-3-9-19-36/h1-2,4-8,10-33H,3,9H2. The van der Waals surface area contributed by atoms with Crippen LogP contribution in [0.1, 0.15) is 18.7 Å². The van der Waals surface area contributed by atoms with Gasteiger partial charge in [0, 0.05) is 27.5 Å². The second-order valence-corrected chi connectivity index (χ2v) is 13.9. The van der Waals surface area contributed by atoms with E-state index >= 15 is 0 Å². The minimum Gasteiger partial charge on any atom is -0.456 e. The van der Waals surface area contributed by atoms with E-state index in [2.05, 4.69) is 146 Å². The fourth-order valence-electron chi connectivity index (χ4n) is 7.58. The zero-order valence-electron chi connectivity index (χ0n) is 30.1. The number of benzene rings is 7. The van der Waals surface area contributed by atoms with Gasteiger partial charge in [0.15, 0.2) is 17.5 Å². The van der Waals surface area contributed by atoms with Gasteiger partial charge in [-0.25, -0.2) is 15.0 Å². The van der Waals surface area contributed by atoms with Crippen LogP contribution in [-0.2, 0) is 0 Å². The van der Waals surface area contributed by atoms with Gasteiger partial charge in [0.25, 0.3) is 0 Å². The molecule has 2 aromatic heterocycles. The van der Waals surface area contributed by atoms with Crippen molar-refractivity contribution in [3.05, 3.63) is 194 Å². The molecule has 9 aromatic rings. The molecule has 7 aromatic carbocycles. The molecule has 0 bridgehead atoms. The van der Waals surface area contributed by atoms with Gasteiger partial charge < -0.3 is 4.42 Å². The molecule has 0 spiro atoms. The zero-order chi connectivity index (χ0) is 36.6. The molecule has 0 fully saturated rings. The fraction of sp³-hybridized carbons (Fsp3) is 0.0392. The quantitative estimate of drug-likeness (QED) is 0.166. The summed E-state index contributed by atoms with van der Waals surface area (Å²) in [6.45, 7) is 0. The van der Waals surface area contributed by atoms with Gasteiger partial charge in [-0.3, -0.25) is 0 Å². The lowest BCUT2D eigenvalue weighted by Crippen LogP contribution is -2.03. The van der Waals surface area contributed by atoms with Gasteiger partial charge in [0.1, 0.15) is 11.2 Å². The largest absolute Gasteiger partial charge is 0.456 e. The van der Waals surface area contributed by atoms with Crippen LogP contribution in [0.2, 0.25) is 0 Å². The van der Waals surface area contributed by atoms with E-state index in [1.807, 2.05) is 42.5 Å². The highest BCUT2D eigenvalue weighted by Crippen LogP contribution is 2.39. The Balaban J connectivity index is 1.05. The summed E-state index contributed by atoms with van der Waals surface area (Å²) in [7, 11) is 0. The fourth-order valence-corrected chi connectivity index (χ4v) is 7.58. The zero-order valence-corrected chi connectivity index (χ0v) is 30.1. The van der Waals surface area contributed by atoms with Gasteiger partial charge in [-0.15, -0.1) is 0 Å². The van der Waals surface area contributed by atoms with Gasteiger partial charge >= 0.3 is 0 Å². The predicted molar refractivity (Wildman–Crippen MR) is 226 cm³/mol. The Bertz CT molecular complexity index is 2920. The van der Waals surface area contributed by atoms with Crippen molar-refractivity contribution >= 4 is 27.5 Å². The molecule has 1 aliphatic carbocycles. The minimum atomic E-state index is 0.624. The van der Waals surface area contributed by atoms with Crippen LogP contribution in [0.3, 0.4) is 0 Å². The van der Waals surface area contributed by atoms with Crippen molar-refractivity contribution in [2.24, 2.45) is 0 Å². The third-order valence-electron chi connectivity index (χ3n) is 10.4. The average Bonchev–Trinajstić information content (AvgIpc) is 3.66. The molecule has 2 heterocycles. The lowest BCUT2D eigenvalue weighted by Gasteiger charge is -2.11. The molecule has 0 aliphatic heterocycles. The molecule has 55 heavy (non-hydrogen) atoms. The monoisotopic (exact) mass is 705 g/mol. The molecular weight excluding hydrogens is 671 g/mol. The highest BCUT2D eigenvalue weighted by atomic mass is 16.3. The van der Waals surface area contributed by atoms with E-state index in [1.165, 1.54) is 27.8 Å². The van der Waals surface area contributed by atoms with Crippen LogP contribution in [0.4, 0.5) is 0 Å². The van der Waals surface area contributed by atoms with E-state index in [-0.39, 0.29) is 0 Å². The van der Waals surface area contributed by atoms with Crippen LogP contribution >= 0.6 is 0 Å². The molecule has 4 nitrogen and oxygen atoms in total. The van der Waals surface area contributed by atoms with Crippen molar-refractivity contribution in [1.82, 2.24) is 15.0 Å². The summed E-state index contributed by atoms with van der Waals surface area (Å²) in [6, 6.07) is 59.6. The maximum absolute atomic E-state index is 6.46. The number of hydrogen-bond donors (Lipinski definition) is 0. The Labute approximate surface area is 319 Å². The lowest BCUT2D eigenvalue weighted by molar-refractivity contribution is 0.669. The summed E-state index contributed by atoms with van der Waals surface area (Å²) in [5.41, 5.74) is 13.9. The minimum absolute atomic E-state index is 0.624. The van der Waals surface area contributed by atoms with E-state index < -0.39 is 0 Å². The predicted octanol–water partition coefficient (Wildman–Crippen LogP) is 13.5. The number of nitrogens with zero attached hydrogens (tertiary/aromatic N) is 3. The van der Waals surface area contributed by atoms with Gasteiger partial charge in [-0.2, -0.15) is 0 Å². The molecule has 0 unspecified atom stereocenters. The highest BCUT2D eigenvalue weighted by Gasteiger charge is 2.19. The first-order valence-electron chi connectivity index (χ1n) is 18.7. The number of fused-ring (bicyclic) bond motifs is 3. The molecule has 0 saturated heterocycles. The number of aromatic nitrogens is 3. The van der Waals surface area contributed by atoms with Crippen molar-refractivity contribution in [3.8, 4) is 67.3 Å². The summed E-state index contributed by atoms with van der Waals surface area (Å²) in [6.07, 6.45) is 8.50. The van der Waals surface area contributed by atoms with Crippen molar-refractivity contribution < 1.29 is 4.42 Å². The Kier molecular flexibility index (Phi) is 8.27. The van der Waals surface area contributed by atoms with Crippen molar-refractivity contribution in [1.29, 1.82) is 0 Å². The van der Waals surface area contributed by atoms with E-state index in [4.69, 9.17) is 19.4 Å². The summed E-state index contributed by atoms with van der Waals surface area (Å²) >= 11 is 0.